The lowest BCUT2D eigenvalue weighted by molar-refractivity contribution is 0.649. The fourth-order valence-electron chi connectivity index (χ4n) is 2.52. The van der Waals surface area contributed by atoms with Crippen LogP contribution in [0.2, 0.25) is 5.02 Å². The van der Waals surface area contributed by atoms with Crippen molar-refractivity contribution in [2.75, 3.05) is 0 Å². The predicted molar refractivity (Wildman–Crippen MR) is 87.1 cm³/mol. The summed E-state index contributed by atoms with van der Waals surface area (Å²) in [7, 11) is 0. The number of benzene rings is 2. The Morgan fingerprint density at radius 1 is 1.15 bits per heavy atom. The third-order valence-corrected chi connectivity index (χ3v) is 4.16. The smallest absolute Gasteiger partial charge is 0.178 e. The molecule has 0 saturated heterocycles. The first-order valence-electron chi connectivity index (χ1n) is 6.52. The quantitative estimate of drug-likeness (QED) is 0.640. The zero-order chi connectivity index (χ0) is 14.3. The minimum Gasteiger partial charge on any atom is -0.331 e. The number of rotatable bonds is 2. The van der Waals surface area contributed by atoms with Crippen molar-refractivity contribution in [3.8, 4) is 0 Å². The molecule has 1 aromatic heterocycles. The van der Waals surface area contributed by atoms with Gasteiger partial charge in [0, 0.05) is 5.02 Å². The van der Waals surface area contributed by atoms with Crippen LogP contribution in [0, 0.1) is 11.7 Å². The molecule has 2 aromatic carbocycles. The summed E-state index contributed by atoms with van der Waals surface area (Å²) >= 11 is 11.4. The topological polar surface area (TPSA) is 20.7 Å². The molecule has 3 rings (SSSR count). The number of nitrogens with one attached hydrogen (secondary N) is 1. The maximum Gasteiger partial charge on any atom is 0.178 e. The molecular weight excluding hydrogens is 288 g/mol. The Balaban J connectivity index is 2.16. The number of hydrogen-bond donors (Lipinski definition) is 1. The Bertz CT molecular complexity index is 815. The molecule has 0 amide bonds. The van der Waals surface area contributed by atoms with E-state index in [1.165, 1.54) is 11.1 Å². The Morgan fingerprint density at radius 3 is 2.55 bits per heavy atom. The third-order valence-electron chi connectivity index (χ3n) is 3.61. The second kappa shape index (κ2) is 5.08. The Morgan fingerprint density at radius 2 is 1.85 bits per heavy atom. The average Bonchev–Trinajstić information content (AvgIpc) is 2.73. The fraction of sp³-hybridized carbons (Fsp3) is 0.188. The summed E-state index contributed by atoms with van der Waals surface area (Å²) in [5, 5.41) is 0.749. The normalized spacial score (nSPS) is 12.8. The van der Waals surface area contributed by atoms with E-state index in [4.69, 9.17) is 23.8 Å². The van der Waals surface area contributed by atoms with Crippen LogP contribution in [0.3, 0.4) is 0 Å². The van der Waals surface area contributed by atoms with Crippen molar-refractivity contribution in [1.29, 1.82) is 0 Å². The van der Waals surface area contributed by atoms with Gasteiger partial charge in [0.1, 0.15) is 0 Å². The van der Waals surface area contributed by atoms with E-state index in [2.05, 4.69) is 41.6 Å². The minimum atomic E-state index is 0.163. The van der Waals surface area contributed by atoms with Gasteiger partial charge >= 0.3 is 0 Å². The molecular formula is C16H15ClN2S. The number of hydrogen-bond acceptors (Lipinski definition) is 1. The molecule has 0 radical (unpaired) electrons. The van der Waals surface area contributed by atoms with E-state index in [9.17, 15) is 0 Å². The zero-order valence-electron chi connectivity index (χ0n) is 11.4. The van der Waals surface area contributed by atoms with Crippen LogP contribution in [0.5, 0.6) is 0 Å². The Hall–Kier alpha value is -1.58. The monoisotopic (exact) mass is 302 g/mol. The first-order chi connectivity index (χ1) is 9.56. The summed E-state index contributed by atoms with van der Waals surface area (Å²) in [6.45, 7) is 4.22. The molecule has 1 N–H and O–H groups in total. The first-order valence-corrected chi connectivity index (χ1v) is 7.31. The van der Waals surface area contributed by atoms with Gasteiger partial charge in [-0.1, -0.05) is 29.8 Å². The van der Waals surface area contributed by atoms with Crippen LogP contribution >= 0.6 is 23.8 Å². The van der Waals surface area contributed by atoms with Crippen LogP contribution < -0.4 is 0 Å². The van der Waals surface area contributed by atoms with Gasteiger partial charge in [0.25, 0.3) is 0 Å². The largest absolute Gasteiger partial charge is 0.331 e. The molecule has 0 aliphatic rings. The highest BCUT2D eigenvalue weighted by Crippen LogP contribution is 2.25. The van der Waals surface area contributed by atoms with E-state index in [0.717, 1.165) is 20.8 Å². The van der Waals surface area contributed by atoms with Gasteiger partial charge in [-0.25, -0.2) is 0 Å². The molecule has 0 bridgehead atoms. The van der Waals surface area contributed by atoms with E-state index in [1.807, 2.05) is 24.3 Å². The summed E-state index contributed by atoms with van der Waals surface area (Å²) in [4.78, 5) is 3.28. The molecule has 1 unspecified atom stereocenters. The van der Waals surface area contributed by atoms with Gasteiger partial charge in [-0.15, -0.1) is 0 Å². The zero-order valence-corrected chi connectivity index (χ0v) is 12.9. The van der Waals surface area contributed by atoms with E-state index in [-0.39, 0.29) is 6.04 Å². The lowest BCUT2D eigenvalue weighted by Crippen LogP contribution is -2.06. The molecule has 4 heteroatoms. The number of imidazole rings is 1. The van der Waals surface area contributed by atoms with Gasteiger partial charge in [-0.05, 0) is 61.5 Å². The number of aromatic amines is 1. The van der Waals surface area contributed by atoms with Crippen LogP contribution in [0.25, 0.3) is 11.0 Å². The SMILES string of the molecule is Cc1ccc2c(c1)[nH]c(=S)n2C(C)c1ccc(Cl)cc1. The number of nitrogens with zero attached hydrogens (tertiary/aromatic N) is 1. The predicted octanol–water partition coefficient (Wildman–Crippen LogP) is 5.27. The highest BCUT2D eigenvalue weighted by atomic mass is 35.5. The highest BCUT2D eigenvalue weighted by Gasteiger charge is 2.13. The van der Waals surface area contributed by atoms with Gasteiger partial charge < -0.3 is 9.55 Å². The van der Waals surface area contributed by atoms with Crippen molar-refractivity contribution in [2.45, 2.75) is 19.9 Å². The Kier molecular flexibility index (Phi) is 3.40. The van der Waals surface area contributed by atoms with Crippen LogP contribution in [0.15, 0.2) is 42.5 Å². The summed E-state index contributed by atoms with van der Waals surface area (Å²) in [6.07, 6.45) is 0. The molecule has 1 atom stereocenters. The molecule has 1 heterocycles. The molecule has 0 aliphatic carbocycles. The molecule has 0 saturated carbocycles. The van der Waals surface area contributed by atoms with Crippen LogP contribution in [-0.2, 0) is 0 Å². The van der Waals surface area contributed by atoms with Crippen molar-refractivity contribution in [1.82, 2.24) is 9.55 Å². The molecule has 3 aromatic rings. The molecule has 0 spiro atoms. The number of fused-ring (bicyclic) bond motifs is 1. The fourth-order valence-corrected chi connectivity index (χ4v) is 3.01. The van der Waals surface area contributed by atoms with Gasteiger partial charge in [0.15, 0.2) is 4.77 Å². The van der Waals surface area contributed by atoms with Gasteiger partial charge in [-0.2, -0.15) is 0 Å². The molecule has 102 valence electrons. The van der Waals surface area contributed by atoms with Crippen LogP contribution in [-0.4, -0.2) is 9.55 Å². The lowest BCUT2D eigenvalue weighted by atomic mass is 10.1. The number of halogens is 1. The lowest BCUT2D eigenvalue weighted by Gasteiger charge is -2.15. The summed E-state index contributed by atoms with van der Waals surface area (Å²) in [5.74, 6) is 0. The second-order valence-electron chi connectivity index (χ2n) is 5.05. The molecule has 20 heavy (non-hydrogen) atoms. The van der Waals surface area contributed by atoms with Crippen molar-refractivity contribution in [3.63, 3.8) is 0 Å². The maximum atomic E-state index is 5.95. The van der Waals surface area contributed by atoms with E-state index >= 15 is 0 Å². The second-order valence-corrected chi connectivity index (χ2v) is 5.87. The van der Waals surface area contributed by atoms with Crippen molar-refractivity contribution >= 4 is 34.9 Å². The van der Waals surface area contributed by atoms with Gasteiger partial charge in [-0.3, -0.25) is 0 Å². The summed E-state index contributed by atoms with van der Waals surface area (Å²) in [5.41, 5.74) is 4.62. The van der Waals surface area contributed by atoms with Crippen molar-refractivity contribution in [2.24, 2.45) is 0 Å². The Labute approximate surface area is 128 Å². The van der Waals surface area contributed by atoms with Crippen molar-refractivity contribution in [3.05, 3.63) is 63.4 Å². The highest BCUT2D eigenvalue weighted by molar-refractivity contribution is 7.71. The van der Waals surface area contributed by atoms with Crippen LogP contribution in [0.4, 0.5) is 0 Å². The maximum absolute atomic E-state index is 5.95. The number of aryl methyl sites for hydroxylation is 1. The average molecular weight is 303 g/mol. The van der Waals surface area contributed by atoms with E-state index in [0.29, 0.717) is 0 Å². The third kappa shape index (κ3) is 2.28. The van der Waals surface area contributed by atoms with Gasteiger partial charge in [0.2, 0.25) is 0 Å². The standard InChI is InChI=1S/C16H15ClN2S/c1-10-3-8-15-14(9-10)18-16(20)19(15)11(2)12-4-6-13(17)7-5-12/h3-9,11H,1-2H3,(H,18,20). The first kappa shape index (κ1) is 13.4. The molecule has 0 aliphatic heterocycles. The van der Waals surface area contributed by atoms with Crippen molar-refractivity contribution < 1.29 is 0 Å². The number of aromatic nitrogens is 2. The van der Waals surface area contributed by atoms with E-state index < -0.39 is 0 Å². The van der Waals surface area contributed by atoms with E-state index in [1.54, 1.807) is 0 Å². The summed E-state index contributed by atoms with van der Waals surface area (Å²) in [6, 6.07) is 14.4. The number of H-pyrrole nitrogens is 1. The van der Waals surface area contributed by atoms with Crippen LogP contribution in [0.1, 0.15) is 24.1 Å². The molecule has 0 fully saturated rings. The van der Waals surface area contributed by atoms with Gasteiger partial charge in [0.05, 0.1) is 17.1 Å². The minimum absolute atomic E-state index is 0.163. The summed E-state index contributed by atoms with van der Waals surface area (Å²) < 4.78 is 2.89. The molecule has 2 nitrogen and oxygen atoms in total.